The monoisotopic (exact) mass is 646 g/mol. The van der Waals surface area contributed by atoms with Crippen LogP contribution in [0, 0.1) is 5.92 Å². The van der Waals surface area contributed by atoms with Crippen LogP contribution in [-0.4, -0.2) is 72.0 Å². The van der Waals surface area contributed by atoms with Crippen LogP contribution in [0.25, 0.3) is 5.57 Å². The van der Waals surface area contributed by atoms with E-state index in [2.05, 4.69) is 49.7 Å². The molecule has 2 amide bonds. The first-order chi connectivity index (χ1) is 22.4. The molecule has 0 saturated heterocycles. The lowest BCUT2D eigenvalue weighted by atomic mass is 10.0. The second-order valence-electron chi connectivity index (χ2n) is 10.2. The Morgan fingerprint density at radius 1 is 1.11 bits per heavy atom. The number of amidine groups is 1. The molecule has 2 aliphatic carbocycles. The fourth-order valence-electron chi connectivity index (χ4n) is 4.68. The number of hydrogen-bond donors (Lipinski definition) is 4. The molecular formula is C34H46N8O3S. The lowest BCUT2D eigenvalue weighted by Crippen LogP contribution is -2.40. The quantitative estimate of drug-likeness (QED) is 0.234. The van der Waals surface area contributed by atoms with Crippen molar-refractivity contribution in [2.75, 3.05) is 44.9 Å². The van der Waals surface area contributed by atoms with E-state index >= 15 is 0 Å². The van der Waals surface area contributed by atoms with Crippen LogP contribution in [0.2, 0.25) is 0 Å². The van der Waals surface area contributed by atoms with Crippen molar-refractivity contribution in [3.63, 3.8) is 0 Å². The number of para-hydroxylation sites is 1. The van der Waals surface area contributed by atoms with Crippen molar-refractivity contribution < 1.29 is 14.3 Å². The summed E-state index contributed by atoms with van der Waals surface area (Å²) >= 11 is 5.71. The summed E-state index contributed by atoms with van der Waals surface area (Å²) in [5.74, 6) is 0.938. The highest BCUT2D eigenvalue weighted by molar-refractivity contribution is 7.82. The van der Waals surface area contributed by atoms with Gasteiger partial charge >= 0.3 is 0 Å². The predicted molar refractivity (Wildman–Crippen MR) is 191 cm³/mol. The summed E-state index contributed by atoms with van der Waals surface area (Å²) in [6, 6.07) is 7.26. The normalized spacial score (nSPS) is 14.7. The van der Waals surface area contributed by atoms with Crippen LogP contribution in [0.15, 0.2) is 59.3 Å². The smallest absolute Gasteiger partial charge is 0.273 e. The number of aromatic nitrogens is 2. The van der Waals surface area contributed by atoms with Crippen LogP contribution in [-0.2, 0) is 4.79 Å². The average molecular weight is 647 g/mol. The van der Waals surface area contributed by atoms with E-state index in [0.29, 0.717) is 34.5 Å². The molecule has 46 heavy (non-hydrogen) atoms. The maximum absolute atomic E-state index is 12.6. The van der Waals surface area contributed by atoms with Gasteiger partial charge in [-0.2, -0.15) is 0 Å². The number of benzene rings is 1. The van der Waals surface area contributed by atoms with E-state index in [1.807, 2.05) is 64.0 Å². The molecule has 246 valence electrons. The molecule has 12 heteroatoms. The highest BCUT2D eigenvalue weighted by atomic mass is 32.1. The molecule has 1 fully saturated rings. The van der Waals surface area contributed by atoms with Gasteiger partial charge in [-0.1, -0.05) is 70.3 Å². The lowest BCUT2D eigenvalue weighted by molar-refractivity contribution is -0.117. The summed E-state index contributed by atoms with van der Waals surface area (Å²) in [7, 11) is 5.07. The number of aliphatic imine (C=N–C) groups is 1. The van der Waals surface area contributed by atoms with Crippen LogP contribution < -0.4 is 26.0 Å². The molecule has 0 radical (unpaired) electrons. The van der Waals surface area contributed by atoms with Crippen molar-refractivity contribution in [2.45, 2.75) is 53.4 Å². The Morgan fingerprint density at radius 2 is 1.87 bits per heavy atom. The highest BCUT2D eigenvalue weighted by Gasteiger charge is 2.30. The van der Waals surface area contributed by atoms with E-state index in [9.17, 15) is 9.59 Å². The van der Waals surface area contributed by atoms with Crippen LogP contribution in [0.4, 0.5) is 17.2 Å². The van der Waals surface area contributed by atoms with Gasteiger partial charge in [0.05, 0.1) is 25.0 Å². The molecule has 1 aromatic heterocycles. The minimum absolute atomic E-state index is 0.000321. The van der Waals surface area contributed by atoms with Gasteiger partial charge in [0.2, 0.25) is 5.91 Å². The summed E-state index contributed by atoms with van der Waals surface area (Å²) in [5.41, 5.74) is 4.03. The zero-order valence-corrected chi connectivity index (χ0v) is 28.7. The highest BCUT2D eigenvalue weighted by Crippen LogP contribution is 2.37. The largest absolute Gasteiger partial charge is 0.494 e. The number of rotatable bonds is 10. The Morgan fingerprint density at radius 3 is 2.48 bits per heavy atom. The second kappa shape index (κ2) is 17.8. The molecular weight excluding hydrogens is 600 g/mol. The van der Waals surface area contributed by atoms with Crippen molar-refractivity contribution in [1.82, 2.24) is 25.7 Å². The van der Waals surface area contributed by atoms with Crippen molar-refractivity contribution in [1.29, 1.82) is 0 Å². The number of hydrogen-bond acceptors (Lipinski definition) is 9. The number of nitrogens with zero attached hydrogens (tertiary/aromatic N) is 4. The van der Waals surface area contributed by atoms with Crippen LogP contribution in [0.5, 0.6) is 5.75 Å². The zero-order valence-electron chi connectivity index (χ0n) is 27.9. The molecule has 0 atom stereocenters. The number of methoxy groups -OCH3 is 1. The van der Waals surface area contributed by atoms with Crippen LogP contribution in [0.1, 0.15) is 69.4 Å². The zero-order chi connectivity index (χ0) is 33.6. The SMILES string of the molecule is CC.CC.CNC(=O)c1nnc(NC(=O)C2CC2)cc1Nc1cccc(C2=CNC(C(=S)N(C)CC3=CCCC=C3)=NC2)c1OC. The average Bonchev–Trinajstić information content (AvgIpc) is 3.96. The van der Waals surface area contributed by atoms with E-state index in [4.69, 9.17) is 21.9 Å². The summed E-state index contributed by atoms with van der Waals surface area (Å²) in [6.45, 7) is 9.12. The van der Waals surface area contributed by atoms with Gasteiger partial charge in [-0.3, -0.25) is 14.6 Å². The Hall–Kier alpha value is -4.58. The van der Waals surface area contributed by atoms with Gasteiger partial charge in [0.25, 0.3) is 5.91 Å². The summed E-state index contributed by atoms with van der Waals surface area (Å²) in [5, 5.41) is 20.0. The third-order valence-electron chi connectivity index (χ3n) is 7.10. The maximum Gasteiger partial charge on any atom is 0.273 e. The minimum atomic E-state index is -0.419. The number of thiocarbonyl (C=S) groups is 1. The standard InChI is InChI=1S/C30H34N8O3S.2C2H6/c1-31-29(40)25-23(14-24(36-37-25)35-28(39)19-12-13-19)34-22-11-7-10-21(26(22)41-3)20-15-32-27(33-16-20)30(42)38(2)17-18-8-5-4-6-9-18;2*1-2/h5,7-11,14-15,19H,4,6,12-13,16-17H2,1-3H3,(H,31,40)(H,32,33)(H2,34,35,36,39);2*1-2H3. The van der Waals surface area contributed by atoms with Gasteiger partial charge in [0, 0.05) is 50.0 Å². The van der Waals surface area contributed by atoms with Crippen molar-refractivity contribution in [2.24, 2.45) is 10.9 Å². The van der Waals surface area contributed by atoms with Gasteiger partial charge in [-0.05, 0) is 37.3 Å². The van der Waals surface area contributed by atoms with E-state index in [0.717, 1.165) is 43.4 Å². The van der Waals surface area contributed by atoms with Crippen LogP contribution in [0.3, 0.4) is 0 Å². The van der Waals surface area contributed by atoms with Gasteiger partial charge in [0.1, 0.15) is 10.7 Å². The Labute approximate surface area is 277 Å². The number of allylic oxidation sites excluding steroid dienone is 2. The fraction of sp³-hybridized carbons (Fsp3) is 0.412. The molecule has 0 unspecified atom stereocenters. The number of amides is 2. The first-order valence-corrected chi connectivity index (χ1v) is 16.2. The molecule has 0 spiro atoms. The Balaban J connectivity index is 0.00000139. The minimum Gasteiger partial charge on any atom is -0.494 e. The van der Waals surface area contributed by atoms with Crippen molar-refractivity contribution in [3.8, 4) is 5.75 Å². The molecule has 0 bridgehead atoms. The second-order valence-corrected chi connectivity index (χ2v) is 10.6. The fourth-order valence-corrected chi connectivity index (χ4v) is 4.86. The van der Waals surface area contributed by atoms with Gasteiger partial charge in [-0.25, -0.2) is 0 Å². The predicted octanol–water partition coefficient (Wildman–Crippen LogP) is 5.87. The third-order valence-corrected chi connectivity index (χ3v) is 7.61. The Kier molecular flexibility index (Phi) is 13.9. The van der Waals surface area contributed by atoms with Gasteiger partial charge in [0.15, 0.2) is 17.3 Å². The summed E-state index contributed by atoms with van der Waals surface area (Å²) < 4.78 is 5.83. The maximum atomic E-state index is 12.6. The molecule has 5 rings (SSSR count). The first kappa shape index (κ1) is 35.9. The third kappa shape index (κ3) is 9.23. The number of likely N-dealkylation sites (N-methyl/N-ethyl adjacent to an activating group) is 1. The number of carbonyl (C=O) groups excluding carboxylic acids is 2. The molecule has 1 saturated carbocycles. The molecule has 2 aromatic rings. The summed E-state index contributed by atoms with van der Waals surface area (Å²) in [6.07, 6.45) is 12.3. The number of anilines is 3. The van der Waals surface area contributed by atoms with E-state index < -0.39 is 5.91 Å². The number of nitrogens with one attached hydrogen (secondary N) is 4. The Bertz CT molecular complexity index is 1530. The number of ether oxygens (including phenoxy) is 1. The van der Waals surface area contributed by atoms with Crippen LogP contribution >= 0.6 is 12.2 Å². The lowest BCUT2D eigenvalue weighted by Gasteiger charge is -2.25. The molecule has 4 N–H and O–H groups in total. The topological polar surface area (TPSA) is 133 Å². The van der Waals surface area contributed by atoms with Crippen molar-refractivity contribution in [3.05, 3.63) is 65.5 Å². The van der Waals surface area contributed by atoms with Crippen molar-refractivity contribution >= 4 is 57.6 Å². The molecule has 1 aromatic carbocycles. The number of carbonyl (C=O) groups is 2. The van der Waals surface area contributed by atoms with E-state index in [1.54, 1.807) is 13.2 Å². The first-order valence-electron chi connectivity index (χ1n) is 15.8. The van der Waals surface area contributed by atoms with E-state index in [-0.39, 0.29) is 23.3 Å². The van der Waals surface area contributed by atoms with Gasteiger partial charge in [-0.15, -0.1) is 10.2 Å². The van der Waals surface area contributed by atoms with Gasteiger partial charge < -0.3 is 30.9 Å². The molecule has 2 heterocycles. The summed E-state index contributed by atoms with van der Waals surface area (Å²) in [4.78, 5) is 32.2. The molecule has 1 aliphatic heterocycles. The van der Waals surface area contributed by atoms with E-state index in [1.165, 1.54) is 12.6 Å². The molecule has 11 nitrogen and oxygen atoms in total. The molecule has 3 aliphatic rings.